The molecular weight excluding hydrogens is 578 g/mol. The van der Waals surface area contributed by atoms with Crippen LogP contribution in [0.15, 0.2) is 42.5 Å². The topological polar surface area (TPSA) is 232 Å². The van der Waals surface area contributed by atoms with Gasteiger partial charge in [0.1, 0.15) is 11.6 Å². The van der Waals surface area contributed by atoms with Crippen LogP contribution >= 0.6 is 0 Å². The highest BCUT2D eigenvalue weighted by Crippen LogP contribution is 2.21. The van der Waals surface area contributed by atoms with Crippen molar-refractivity contribution in [3.8, 4) is 23.4 Å². The van der Waals surface area contributed by atoms with Crippen molar-refractivity contribution >= 4 is 39.8 Å². The molecule has 18 heteroatoms. The number of urea groups is 2. The Labute approximate surface area is 240 Å². The van der Waals surface area contributed by atoms with Crippen LogP contribution < -0.4 is 40.0 Å². The van der Waals surface area contributed by atoms with Crippen LogP contribution in [0.25, 0.3) is 0 Å². The Morgan fingerprint density at radius 1 is 0.810 bits per heavy atom. The summed E-state index contributed by atoms with van der Waals surface area (Å²) in [6.45, 7) is 0. The Bertz CT molecular complexity index is 1470. The minimum absolute atomic E-state index is 0.0802. The first kappa shape index (κ1) is 32.8. The summed E-state index contributed by atoms with van der Waals surface area (Å²) in [5.41, 5.74) is 5.19. The third kappa shape index (κ3) is 10.3. The van der Waals surface area contributed by atoms with Gasteiger partial charge in [-0.3, -0.25) is 10.6 Å². The van der Waals surface area contributed by atoms with Crippen LogP contribution in [0.2, 0.25) is 0 Å². The van der Waals surface area contributed by atoms with Gasteiger partial charge in [-0.05, 0) is 11.6 Å². The number of anilines is 2. The molecule has 1 aromatic carbocycles. The van der Waals surface area contributed by atoms with E-state index in [0.717, 1.165) is 0 Å². The number of aromatic nitrogens is 3. The van der Waals surface area contributed by atoms with Gasteiger partial charge in [-0.1, -0.05) is 18.2 Å². The number of nitrogens with one attached hydrogen (secondary N) is 3. The number of benzene rings is 1. The number of hydrogen-bond donors (Lipinski definition) is 4. The Balaban J connectivity index is 0.000000369. The average molecular weight is 608 g/mol. The monoisotopic (exact) mass is 607 g/mol. The fourth-order valence-corrected chi connectivity index (χ4v) is 4.09. The lowest BCUT2D eigenvalue weighted by atomic mass is 10.1. The maximum Gasteiger partial charge on any atom is 0.338 e. The fourth-order valence-electron chi connectivity index (χ4n) is 3.03. The number of nitrogens with two attached hydrogens (primary N) is 1. The molecule has 3 rings (SSSR count). The summed E-state index contributed by atoms with van der Waals surface area (Å²) in [7, 11) is 2.73. The van der Waals surface area contributed by atoms with Crippen molar-refractivity contribution in [3.05, 3.63) is 53.6 Å². The van der Waals surface area contributed by atoms with E-state index in [9.17, 15) is 22.8 Å². The van der Waals surface area contributed by atoms with E-state index in [-0.39, 0.29) is 34.7 Å². The minimum atomic E-state index is -4.14. The van der Waals surface area contributed by atoms with E-state index < -0.39 is 33.8 Å². The Hall–Kier alpha value is -5.39. The zero-order valence-corrected chi connectivity index (χ0v) is 24.0. The highest BCUT2D eigenvalue weighted by atomic mass is 32.2. The number of hydrogen-bond acceptors (Lipinski definition) is 13. The molecule has 226 valence electrons. The number of esters is 1. The molecular formula is C24H29N7O10S. The number of sulfonamides is 1. The van der Waals surface area contributed by atoms with Crippen molar-refractivity contribution in [2.75, 3.05) is 46.2 Å². The van der Waals surface area contributed by atoms with Crippen LogP contribution in [0.5, 0.6) is 23.4 Å². The quantitative estimate of drug-likeness (QED) is 0.240. The van der Waals surface area contributed by atoms with Crippen molar-refractivity contribution in [1.29, 1.82) is 0 Å². The molecule has 0 spiro atoms. The molecule has 5 N–H and O–H groups in total. The molecule has 2 heterocycles. The number of primary amides is 1. The summed E-state index contributed by atoms with van der Waals surface area (Å²) >= 11 is 0. The van der Waals surface area contributed by atoms with Gasteiger partial charge in [-0.15, -0.1) is 0 Å². The van der Waals surface area contributed by atoms with E-state index in [0.29, 0.717) is 11.6 Å². The van der Waals surface area contributed by atoms with Crippen molar-refractivity contribution in [3.63, 3.8) is 0 Å². The summed E-state index contributed by atoms with van der Waals surface area (Å²) in [6, 6.07) is 8.72. The lowest BCUT2D eigenvalue weighted by molar-refractivity contribution is 0.0599. The second-order valence-corrected chi connectivity index (χ2v) is 9.39. The lowest BCUT2D eigenvalue weighted by Gasteiger charge is -2.11. The number of nitrogens with zero attached hydrogens (tertiary/aromatic N) is 3. The van der Waals surface area contributed by atoms with E-state index >= 15 is 0 Å². The number of rotatable bonds is 10. The third-order valence-electron chi connectivity index (χ3n) is 4.81. The van der Waals surface area contributed by atoms with Gasteiger partial charge in [0, 0.05) is 12.1 Å². The van der Waals surface area contributed by atoms with E-state index in [1.807, 2.05) is 4.72 Å². The van der Waals surface area contributed by atoms with Gasteiger partial charge < -0.3 is 29.4 Å². The predicted octanol–water partition coefficient (Wildman–Crippen LogP) is 1.52. The molecule has 0 fully saturated rings. The normalized spacial score (nSPS) is 10.2. The molecule has 0 unspecified atom stereocenters. The minimum Gasteiger partial charge on any atom is -0.496 e. The predicted molar refractivity (Wildman–Crippen MR) is 148 cm³/mol. The van der Waals surface area contributed by atoms with E-state index in [2.05, 4.69) is 30.3 Å². The number of carbonyl (C=O) groups excluding carboxylic acids is 3. The molecule has 42 heavy (non-hydrogen) atoms. The summed E-state index contributed by atoms with van der Waals surface area (Å²) in [6.07, 6.45) is 0. The maximum atomic E-state index is 12.3. The van der Waals surface area contributed by atoms with Gasteiger partial charge in [0.05, 0.1) is 52.9 Å². The van der Waals surface area contributed by atoms with Crippen LogP contribution in [-0.2, 0) is 20.5 Å². The van der Waals surface area contributed by atoms with Gasteiger partial charge >= 0.3 is 18.0 Å². The molecule has 0 aliphatic heterocycles. The summed E-state index contributed by atoms with van der Waals surface area (Å²) < 4.78 is 50.8. The molecule has 0 aliphatic rings. The largest absolute Gasteiger partial charge is 0.496 e. The number of ether oxygens (including phenoxy) is 5. The second-order valence-electron chi connectivity index (χ2n) is 7.66. The maximum absolute atomic E-state index is 12.3. The zero-order valence-electron chi connectivity index (χ0n) is 23.2. The van der Waals surface area contributed by atoms with Crippen molar-refractivity contribution in [1.82, 2.24) is 19.7 Å². The van der Waals surface area contributed by atoms with Gasteiger partial charge in [-0.2, -0.15) is 15.0 Å². The molecule has 0 radical (unpaired) electrons. The molecule has 4 amide bonds. The highest BCUT2D eigenvalue weighted by molar-refractivity contribution is 7.89. The van der Waals surface area contributed by atoms with E-state index in [1.165, 1.54) is 59.8 Å². The summed E-state index contributed by atoms with van der Waals surface area (Å²) in [4.78, 5) is 46.0. The third-order valence-corrected chi connectivity index (χ3v) is 6.00. The molecule has 17 nitrogen and oxygen atoms in total. The second kappa shape index (κ2) is 15.4. The standard InChI is InChI=1S/C16H18N4O7S.C8H11N3O3/c1-25-12-8-13(26-2)18-15(17-12)19-16(22)20-28(23,24)9-10-6-4-5-7-11(10)14(21)27-3;1-13-5-3-6(11-8(9)12)10-7(4-5)14-2/h4-8H,9H2,1-3H3,(H2,17,18,19,20,22);3-4H,1-2H3,(H3,9,10,11,12). The summed E-state index contributed by atoms with van der Waals surface area (Å²) in [5.74, 6) is -0.157. The highest BCUT2D eigenvalue weighted by Gasteiger charge is 2.21. The molecule has 0 saturated carbocycles. The van der Waals surface area contributed by atoms with Crippen molar-refractivity contribution in [2.45, 2.75) is 5.75 Å². The fraction of sp³-hybridized carbons (Fsp3) is 0.250. The number of carbonyl (C=O) groups is 3. The molecule has 0 aliphatic carbocycles. The van der Waals surface area contributed by atoms with E-state index in [1.54, 1.807) is 18.2 Å². The van der Waals surface area contributed by atoms with Gasteiger partial charge in [-0.25, -0.2) is 27.5 Å². The van der Waals surface area contributed by atoms with Gasteiger partial charge in [0.15, 0.2) is 0 Å². The van der Waals surface area contributed by atoms with Crippen LogP contribution in [-0.4, -0.2) is 77.0 Å². The van der Waals surface area contributed by atoms with Crippen LogP contribution in [0.1, 0.15) is 15.9 Å². The Kier molecular flexibility index (Phi) is 12.0. The smallest absolute Gasteiger partial charge is 0.338 e. The van der Waals surface area contributed by atoms with Crippen LogP contribution in [0, 0.1) is 0 Å². The number of amides is 4. The number of methoxy groups -OCH3 is 5. The first-order chi connectivity index (χ1) is 19.9. The molecule has 3 aromatic rings. The summed E-state index contributed by atoms with van der Waals surface area (Å²) in [5, 5.41) is 4.50. The van der Waals surface area contributed by atoms with E-state index in [4.69, 9.17) is 24.7 Å². The molecule has 0 bridgehead atoms. The number of pyridine rings is 1. The van der Waals surface area contributed by atoms with Crippen LogP contribution in [0.3, 0.4) is 0 Å². The van der Waals surface area contributed by atoms with Crippen molar-refractivity contribution < 1.29 is 46.5 Å². The SMILES string of the molecule is COC(=O)c1ccccc1CS(=O)(=O)NC(=O)Nc1nc(OC)cc(OC)n1.COc1cc(NC(N)=O)nc(OC)c1. The zero-order chi connectivity index (χ0) is 31.3. The molecule has 0 atom stereocenters. The lowest BCUT2D eigenvalue weighted by Crippen LogP contribution is -2.36. The first-order valence-corrected chi connectivity index (χ1v) is 13.2. The van der Waals surface area contributed by atoms with Crippen LogP contribution in [0.4, 0.5) is 21.4 Å². The van der Waals surface area contributed by atoms with Gasteiger partial charge in [0.25, 0.3) is 0 Å². The average Bonchev–Trinajstić information content (AvgIpc) is 2.95. The molecule has 0 saturated heterocycles. The van der Waals surface area contributed by atoms with Gasteiger partial charge in [0.2, 0.25) is 33.6 Å². The molecule has 2 aromatic heterocycles. The first-order valence-electron chi connectivity index (χ1n) is 11.5. The Morgan fingerprint density at radius 3 is 1.95 bits per heavy atom. The Morgan fingerprint density at radius 2 is 1.40 bits per heavy atom. The van der Waals surface area contributed by atoms with Crippen molar-refractivity contribution in [2.24, 2.45) is 5.73 Å².